The SMILES string of the molecule is COc1ccc(CSC(C)(C)CC(=O)N[C@H]2CC[C@@H](n3c(=O)c4cc(F)cnc4n(C4CCSCC4)c3=O)CC2)cc1. The lowest BCUT2D eigenvalue weighted by atomic mass is 9.90. The Kier molecular flexibility index (Phi) is 9.67. The van der Waals surface area contributed by atoms with Crippen LogP contribution in [0.5, 0.6) is 5.75 Å². The number of carbonyl (C=O) groups excluding carboxylic acids is 1. The molecule has 3 heterocycles. The highest BCUT2D eigenvalue weighted by Gasteiger charge is 2.31. The Hall–Kier alpha value is -2.79. The number of hydrogen-bond donors (Lipinski definition) is 1. The van der Waals surface area contributed by atoms with Gasteiger partial charge >= 0.3 is 5.69 Å². The number of ether oxygens (including phenoxy) is 1. The topological polar surface area (TPSA) is 95.2 Å². The maximum absolute atomic E-state index is 14.2. The number of benzene rings is 1. The molecule has 1 saturated heterocycles. The fourth-order valence-corrected chi connectivity index (χ4v) is 8.06. The summed E-state index contributed by atoms with van der Waals surface area (Å²) < 4.78 is 22.1. The van der Waals surface area contributed by atoms with Gasteiger partial charge in [-0.05, 0) is 73.8 Å². The third-order valence-electron chi connectivity index (χ3n) is 8.28. The maximum Gasteiger partial charge on any atom is 0.333 e. The minimum absolute atomic E-state index is 0.00706. The van der Waals surface area contributed by atoms with Crippen LogP contribution < -0.4 is 21.3 Å². The van der Waals surface area contributed by atoms with Gasteiger partial charge < -0.3 is 10.1 Å². The number of fused-ring (bicyclic) bond motifs is 1. The standard InChI is InChI=1S/C31H39FN4O4S2/c1-31(2,42-19-20-4-10-25(40-3)11-5-20)17-27(37)34-22-6-8-23(9-7-22)36-29(38)26-16-21(32)18-33-28(26)35(30(36)39)24-12-14-41-15-13-24/h4-5,10-11,16,18,22-24H,6-9,12-15,17,19H2,1-3H3,(H,34,37)/t22-,23+. The minimum Gasteiger partial charge on any atom is -0.497 e. The van der Waals surface area contributed by atoms with Crippen LogP contribution in [-0.4, -0.2) is 49.4 Å². The van der Waals surface area contributed by atoms with Crippen LogP contribution in [0.25, 0.3) is 11.0 Å². The van der Waals surface area contributed by atoms with E-state index in [1.807, 2.05) is 36.0 Å². The zero-order valence-electron chi connectivity index (χ0n) is 24.4. The van der Waals surface area contributed by atoms with Gasteiger partial charge in [0, 0.05) is 35.0 Å². The number of amides is 1. The lowest BCUT2D eigenvalue weighted by Crippen LogP contribution is -2.47. The number of carbonyl (C=O) groups is 1. The first-order chi connectivity index (χ1) is 20.1. The predicted molar refractivity (Wildman–Crippen MR) is 168 cm³/mol. The van der Waals surface area contributed by atoms with Crippen molar-refractivity contribution in [3.8, 4) is 5.75 Å². The lowest BCUT2D eigenvalue weighted by molar-refractivity contribution is -0.122. The number of nitrogens with zero attached hydrogens (tertiary/aromatic N) is 3. The second-order valence-electron chi connectivity index (χ2n) is 11.8. The van der Waals surface area contributed by atoms with Gasteiger partial charge in [0.25, 0.3) is 5.56 Å². The van der Waals surface area contributed by atoms with E-state index in [0.29, 0.717) is 32.1 Å². The van der Waals surface area contributed by atoms with Crippen molar-refractivity contribution in [3.63, 3.8) is 0 Å². The number of aromatic nitrogens is 3. The number of thioether (sulfide) groups is 2. The quantitative estimate of drug-likeness (QED) is 0.341. The van der Waals surface area contributed by atoms with E-state index in [1.165, 1.54) is 16.2 Å². The molecule has 1 amide bonds. The summed E-state index contributed by atoms with van der Waals surface area (Å²) >= 11 is 3.59. The summed E-state index contributed by atoms with van der Waals surface area (Å²) in [5, 5.41) is 3.34. The minimum atomic E-state index is -0.591. The van der Waals surface area contributed by atoms with Crippen molar-refractivity contribution in [3.05, 3.63) is 68.7 Å². The van der Waals surface area contributed by atoms with Gasteiger partial charge in [-0.15, -0.1) is 0 Å². The van der Waals surface area contributed by atoms with E-state index >= 15 is 0 Å². The molecular formula is C31H39FN4O4S2. The van der Waals surface area contributed by atoms with Crippen molar-refractivity contribution in [2.45, 2.75) is 87.4 Å². The van der Waals surface area contributed by atoms with Gasteiger partial charge in [0.15, 0.2) is 0 Å². The Morgan fingerprint density at radius 1 is 1.07 bits per heavy atom. The summed E-state index contributed by atoms with van der Waals surface area (Å²) in [6, 6.07) is 8.79. The van der Waals surface area contributed by atoms with E-state index in [1.54, 1.807) is 23.4 Å². The van der Waals surface area contributed by atoms with Gasteiger partial charge in [0.1, 0.15) is 17.2 Å². The zero-order valence-corrected chi connectivity index (χ0v) is 26.1. The Morgan fingerprint density at radius 3 is 2.40 bits per heavy atom. The summed E-state index contributed by atoms with van der Waals surface area (Å²) in [6.07, 6.45) is 5.60. The number of pyridine rings is 1. The molecule has 1 aliphatic carbocycles. The van der Waals surface area contributed by atoms with E-state index in [2.05, 4.69) is 24.1 Å². The monoisotopic (exact) mass is 614 g/mol. The van der Waals surface area contributed by atoms with Crippen LogP contribution in [0, 0.1) is 5.82 Å². The molecular weight excluding hydrogens is 575 g/mol. The van der Waals surface area contributed by atoms with Gasteiger partial charge in [-0.25, -0.2) is 14.2 Å². The Balaban J connectivity index is 1.23. The summed E-state index contributed by atoms with van der Waals surface area (Å²) in [4.78, 5) is 44.5. The first-order valence-corrected chi connectivity index (χ1v) is 16.8. The summed E-state index contributed by atoms with van der Waals surface area (Å²) in [5.74, 6) is 2.90. The van der Waals surface area contributed by atoms with Gasteiger partial charge in [0.05, 0.1) is 18.7 Å². The highest BCUT2D eigenvalue weighted by molar-refractivity contribution is 7.99. The van der Waals surface area contributed by atoms with Crippen LogP contribution in [0.4, 0.5) is 4.39 Å². The van der Waals surface area contributed by atoms with Crippen molar-refractivity contribution in [2.75, 3.05) is 18.6 Å². The smallest absolute Gasteiger partial charge is 0.333 e. The van der Waals surface area contributed by atoms with Crippen molar-refractivity contribution in [1.82, 2.24) is 19.4 Å². The Labute approximate surface area is 253 Å². The average Bonchev–Trinajstić information content (AvgIpc) is 2.98. The molecule has 2 aromatic heterocycles. The fourth-order valence-electron chi connectivity index (χ4n) is 5.99. The Bertz CT molecular complexity index is 1520. The second-order valence-corrected chi connectivity index (χ2v) is 14.7. The molecule has 1 aliphatic heterocycles. The molecule has 5 rings (SSSR count). The molecule has 0 unspecified atom stereocenters. The lowest BCUT2D eigenvalue weighted by Gasteiger charge is -2.32. The predicted octanol–water partition coefficient (Wildman–Crippen LogP) is 5.48. The summed E-state index contributed by atoms with van der Waals surface area (Å²) in [6.45, 7) is 4.16. The fraction of sp³-hybridized carbons (Fsp3) is 0.548. The molecule has 11 heteroatoms. The number of rotatable bonds is 9. The first kappa shape index (κ1) is 30.7. The first-order valence-electron chi connectivity index (χ1n) is 14.6. The number of methoxy groups -OCH3 is 1. The van der Waals surface area contributed by atoms with Crippen LogP contribution in [-0.2, 0) is 10.5 Å². The maximum atomic E-state index is 14.2. The molecule has 2 aliphatic rings. The number of hydrogen-bond acceptors (Lipinski definition) is 7. The van der Waals surface area contributed by atoms with E-state index < -0.39 is 11.4 Å². The van der Waals surface area contributed by atoms with Crippen LogP contribution in [0.15, 0.2) is 46.1 Å². The zero-order chi connectivity index (χ0) is 29.9. The molecule has 0 spiro atoms. The normalized spacial score (nSPS) is 20.0. The Morgan fingerprint density at radius 2 is 1.74 bits per heavy atom. The van der Waals surface area contributed by atoms with Crippen molar-refractivity contribution < 1.29 is 13.9 Å². The number of nitrogens with one attached hydrogen (secondary N) is 1. The molecule has 0 bridgehead atoms. The molecule has 8 nitrogen and oxygen atoms in total. The second kappa shape index (κ2) is 13.2. The van der Waals surface area contributed by atoms with Crippen LogP contribution >= 0.6 is 23.5 Å². The van der Waals surface area contributed by atoms with Crippen LogP contribution in [0.3, 0.4) is 0 Å². The highest BCUT2D eigenvalue weighted by Crippen LogP contribution is 2.33. The molecule has 2 fully saturated rings. The highest BCUT2D eigenvalue weighted by atomic mass is 32.2. The molecule has 1 aromatic carbocycles. The van der Waals surface area contributed by atoms with E-state index in [4.69, 9.17) is 4.74 Å². The van der Waals surface area contributed by atoms with Crippen LogP contribution in [0.1, 0.15) is 76.4 Å². The molecule has 1 N–H and O–H groups in total. The van der Waals surface area contributed by atoms with Gasteiger partial charge in [-0.2, -0.15) is 23.5 Å². The largest absolute Gasteiger partial charge is 0.497 e. The van der Waals surface area contributed by atoms with Gasteiger partial charge in [-0.1, -0.05) is 26.0 Å². The van der Waals surface area contributed by atoms with E-state index in [-0.39, 0.29) is 45.5 Å². The molecule has 0 atom stereocenters. The summed E-state index contributed by atoms with van der Waals surface area (Å²) in [7, 11) is 1.65. The average molecular weight is 615 g/mol. The van der Waals surface area contributed by atoms with Crippen molar-refractivity contribution in [2.24, 2.45) is 0 Å². The molecule has 226 valence electrons. The third-order valence-corrected chi connectivity index (χ3v) is 10.7. The third kappa shape index (κ3) is 7.05. The van der Waals surface area contributed by atoms with Crippen molar-refractivity contribution >= 4 is 40.5 Å². The molecule has 3 aromatic rings. The van der Waals surface area contributed by atoms with Crippen molar-refractivity contribution in [1.29, 1.82) is 0 Å². The molecule has 0 radical (unpaired) electrons. The van der Waals surface area contributed by atoms with Gasteiger partial charge in [-0.3, -0.25) is 18.7 Å². The summed E-state index contributed by atoms with van der Waals surface area (Å²) in [5.41, 5.74) is 0.614. The molecule has 42 heavy (non-hydrogen) atoms. The molecule has 1 saturated carbocycles. The van der Waals surface area contributed by atoms with E-state index in [0.717, 1.165) is 42.0 Å². The van der Waals surface area contributed by atoms with Crippen LogP contribution in [0.2, 0.25) is 0 Å². The number of halogens is 1. The van der Waals surface area contributed by atoms with E-state index in [9.17, 15) is 18.8 Å². The van der Waals surface area contributed by atoms with Gasteiger partial charge in [0.2, 0.25) is 5.91 Å².